The Bertz CT molecular complexity index is 910. The molecule has 1 atom stereocenters. The van der Waals surface area contributed by atoms with E-state index in [0.717, 1.165) is 36.0 Å². The number of carbonyl (C=O) groups excluding carboxylic acids is 1. The van der Waals surface area contributed by atoms with Gasteiger partial charge in [-0.3, -0.25) is 4.79 Å². The van der Waals surface area contributed by atoms with E-state index in [1.54, 1.807) is 0 Å². The number of carbonyl (C=O) groups is 1. The van der Waals surface area contributed by atoms with Crippen LogP contribution in [-0.2, 0) is 11.2 Å². The molecule has 28 heavy (non-hydrogen) atoms. The molecule has 0 spiro atoms. The topological polar surface area (TPSA) is 49.3 Å². The molecule has 2 aromatic carbocycles. The Labute approximate surface area is 173 Å². The predicted octanol–water partition coefficient (Wildman–Crippen LogP) is 3.76. The van der Waals surface area contributed by atoms with Crippen molar-refractivity contribution < 1.29 is 4.79 Å². The summed E-state index contributed by atoms with van der Waals surface area (Å²) in [6.45, 7) is 2.76. The Hall–Kier alpha value is -2.44. The summed E-state index contributed by atoms with van der Waals surface area (Å²) in [7, 11) is 0. The maximum Gasteiger partial charge on any atom is 0.245 e. The van der Waals surface area contributed by atoms with E-state index in [0.29, 0.717) is 13.1 Å². The molecule has 0 bridgehead atoms. The van der Waals surface area contributed by atoms with Crippen LogP contribution in [0.25, 0.3) is 0 Å². The summed E-state index contributed by atoms with van der Waals surface area (Å²) < 4.78 is 4.50. The molecule has 1 amide bonds. The zero-order valence-corrected chi connectivity index (χ0v) is 16.9. The molecule has 7 heteroatoms. The quantitative estimate of drug-likeness (QED) is 0.599. The third-order valence-electron chi connectivity index (χ3n) is 4.83. The number of hydrogen-bond donors (Lipinski definition) is 0. The van der Waals surface area contributed by atoms with Gasteiger partial charge in [-0.2, -0.15) is 4.37 Å². The van der Waals surface area contributed by atoms with Crippen molar-refractivity contribution in [2.24, 2.45) is 0 Å². The molecule has 0 radical (unpaired) electrons. The fourth-order valence-electron chi connectivity index (χ4n) is 3.27. The zero-order valence-electron chi connectivity index (χ0n) is 15.4. The highest BCUT2D eigenvalue weighted by atomic mass is 35.5. The van der Waals surface area contributed by atoms with Gasteiger partial charge in [0.05, 0.1) is 0 Å². The van der Waals surface area contributed by atoms with Crippen molar-refractivity contribution in [2.75, 3.05) is 31.1 Å². The molecule has 0 saturated carbocycles. The molecule has 1 saturated heterocycles. The van der Waals surface area contributed by atoms with Crippen LogP contribution in [0, 0.1) is 0 Å². The van der Waals surface area contributed by atoms with Crippen LogP contribution in [-0.4, -0.2) is 46.3 Å². The number of alkyl halides is 1. The lowest BCUT2D eigenvalue weighted by Crippen LogP contribution is -2.49. The molecule has 4 rings (SSSR count). The second-order valence-corrected chi connectivity index (χ2v) is 7.91. The standard InChI is InChI=1S/C21H21ClN4OS/c22-19(17-9-5-2-6-10-17)20(27)25-11-13-26(14-12-25)21-23-18(24-28-21)15-16-7-3-1-4-8-16/h1-10,19H,11-15H2. The molecule has 1 fully saturated rings. The van der Waals surface area contributed by atoms with E-state index in [1.807, 2.05) is 53.4 Å². The van der Waals surface area contributed by atoms with Crippen molar-refractivity contribution in [3.05, 3.63) is 77.6 Å². The minimum atomic E-state index is -0.633. The van der Waals surface area contributed by atoms with E-state index in [1.165, 1.54) is 17.1 Å². The van der Waals surface area contributed by atoms with E-state index in [-0.39, 0.29) is 5.91 Å². The summed E-state index contributed by atoms with van der Waals surface area (Å²) in [6, 6.07) is 19.7. The summed E-state index contributed by atoms with van der Waals surface area (Å²) in [4.78, 5) is 21.4. The Morgan fingerprint density at radius 3 is 2.32 bits per heavy atom. The van der Waals surface area contributed by atoms with Crippen LogP contribution in [0.4, 0.5) is 5.13 Å². The number of rotatable bonds is 5. The number of benzene rings is 2. The normalized spacial score (nSPS) is 15.5. The Morgan fingerprint density at radius 1 is 1.00 bits per heavy atom. The van der Waals surface area contributed by atoms with E-state index in [4.69, 9.17) is 11.6 Å². The average molecular weight is 413 g/mol. The molecule has 1 aliphatic heterocycles. The van der Waals surface area contributed by atoms with Crippen molar-refractivity contribution in [3.8, 4) is 0 Å². The van der Waals surface area contributed by atoms with Crippen LogP contribution in [0.1, 0.15) is 22.3 Å². The molecular formula is C21H21ClN4OS. The van der Waals surface area contributed by atoms with E-state index >= 15 is 0 Å². The molecule has 3 aromatic rings. The molecule has 1 aromatic heterocycles. The molecule has 144 valence electrons. The van der Waals surface area contributed by atoms with Crippen molar-refractivity contribution in [1.29, 1.82) is 0 Å². The van der Waals surface area contributed by atoms with Crippen molar-refractivity contribution in [1.82, 2.24) is 14.3 Å². The summed E-state index contributed by atoms with van der Waals surface area (Å²) in [6.07, 6.45) is 0.737. The maximum absolute atomic E-state index is 12.7. The van der Waals surface area contributed by atoms with E-state index in [9.17, 15) is 4.79 Å². The zero-order chi connectivity index (χ0) is 19.3. The highest BCUT2D eigenvalue weighted by molar-refractivity contribution is 7.09. The third-order valence-corrected chi connectivity index (χ3v) is 6.09. The number of halogens is 1. The van der Waals surface area contributed by atoms with Gasteiger partial charge in [-0.15, -0.1) is 11.6 Å². The number of nitrogens with zero attached hydrogens (tertiary/aromatic N) is 4. The largest absolute Gasteiger partial charge is 0.343 e. The van der Waals surface area contributed by atoms with Gasteiger partial charge < -0.3 is 9.80 Å². The monoisotopic (exact) mass is 412 g/mol. The minimum Gasteiger partial charge on any atom is -0.343 e. The number of piperazine rings is 1. The Morgan fingerprint density at radius 2 is 1.64 bits per heavy atom. The molecule has 1 unspecified atom stereocenters. The lowest BCUT2D eigenvalue weighted by molar-refractivity contribution is -0.131. The van der Waals surface area contributed by atoms with Crippen LogP contribution >= 0.6 is 23.1 Å². The molecule has 1 aliphatic rings. The summed E-state index contributed by atoms with van der Waals surface area (Å²) >= 11 is 7.82. The van der Waals surface area contributed by atoms with Crippen LogP contribution in [0.5, 0.6) is 0 Å². The van der Waals surface area contributed by atoms with Gasteiger partial charge in [-0.25, -0.2) is 4.98 Å². The number of aromatic nitrogens is 2. The van der Waals surface area contributed by atoms with Gasteiger partial charge >= 0.3 is 0 Å². The first-order chi connectivity index (χ1) is 13.7. The van der Waals surface area contributed by atoms with E-state index in [2.05, 4.69) is 26.4 Å². The van der Waals surface area contributed by atoms with Gasteiger partial charge in [-0.05, 0) is 11.1 Å². The third kappa shape index (κ3) is 4.34. The molecule has 0 aliphatic carbocycles. The predicted molar refractivity (Wildman–Crippen MR) is 113 cm³/mol. The van der Waals surface area contributed by atoms with Crippen LogP contribution in [0.15, 0.2) is 60.7 Å². The Kier molecular flexibility index (Phi) is 5.88. The summed E-state index contributed by atoms with van der Waals surface area (Å²) in [5.41, 5.74) is 2.04. The van der Waals surface area contributed by atoms with Crippen LogP contribution < -0.4 is 4.90 Å². The van der Waals surface area contributed by atoms with Crippen LogP contribution in [0.3, 0.4) is 0 Å². The van der Waals surface area contributed by atoms with Gasteiger partial charge in [0.1, 0.15) is 11.2 Å². The minimum absolute atomic E-state index is 0.0328. The smallest absolute Gasteiger partial charge is 0.245 e. The van der Waals surface area contributed by atoms with Gasteiger partial charge in [0, 0.05) is 44.1 Å². The van der Waals surface area contributed by atoms with Gasteiger partial charge in [0.25, 0.3) is 0 Å². The molecular weight excluding hydrogens is 392 g/mol. The SMILES string of the molecule is O=C(C(Cl)c1ccccc1)N1CCN(c2nc(Cc3ccccc3)ns2)CC1. The lowest BCUT2D eigenvalue weighted by atomic mass is 10.1. The first kappa shape index (κ1) is 18.9. The van der Waals surface area contributed by atoms with E-state index < -0.39 is 5.38 Å². The van der Waals surface area contributed by atoms with Gasteiger partial charge in [0.15, 0.2) is 0 Å². The highest BCUT2D eigenvalue weighted by Gasteiger charge is 2.28. The highest BCUT2D eigenvalue weighted by Crippen LogP contribution is 2.25. The molecule has 2 heterocycles. The number of anilines is 1. The lowest BCUT2D eigenvalue weighted by Gasteiger charge is -2.35. The second-order valence-electron chi connectivity index (χ2n) is 6.74. The number of amides is 1. The van der Waals surface area contributed by atoms with Gasteiger partial charge in [-0.1, -0.05) is 60.7 Å². The summed E-state index contributed by atoms with van der Waals surface area (Å²) in [5.74, 6) is 0.809. The maximum atomic E-state index is 12.7. The first-order valence-electron chi connectivity index (χ1n) is 9.30. The van der Waals surface area contributed by atoms with Crippen molar-refractivity contribution in [2.45, 2.75) is 11.8 Å². The average Bonchev–Trinajstić information content (AvgIpc) is 3.22. The fourth-order valence-corrected chi connectivity index (χ4v) is 4.29. The van der Waals surface area contributed by atoms with Gasteiger partial charge in [0.2, 0.25) is 11.0 Å². The van der Waals surface area contributed by atoms with Crippen molar-refractivity contribution in [3.63, 3.8) is 0 Å². The molecule has 5 nitrogen and oxygen atoms in total. The fraction of sp³-hybridized carbons (Fsp3) is 0.286. The molecule has 0 N–H and O–H groups in total. The van der Waals surface area contributed by atoms with Crippen molar-refractivity contribution >= 4 is 34.2 Å². The van der Waals surface area contributed by atoms with Crippen LogP contribution in [0.2, 0.25) is 0 Å². The second kappa shape index (κ2) is 8.71. The summed E-state index contributed by atoms with van der Waals surface area (Å²) in [5, 5.41) is 0.287. The Balaban J connectivity index is 1.33. The number of hydrogen-bond acceptors (Lipinski definition) is 5. The first-order valence-corrected chi connectivity index (χ1v) is 10.5.